The number of thioether (sulfide) groups is 1. The Labute approximate surface area is 121 Å². The van der Waals surface area contributed by atoms with E-state index in [1.54, 1.807) is 4.90 Å². The second kappa shape index (κ2) is 6.94. The Kier molecular flexibility index (Phi) is 5.24. The largest absolute Gasteiger partial charge is 0.480 e. The van der Waals surface area contributed by atoms with Gasteiger partial charge in [-0.3, -0.25) is 14.4 Å². The minimum atomic E-state index is -0.876. The van der Waals surface area contributed by atoms with E-state index in [9.17, 15) is 14.4 Å². The third kappa shape index (κ3) is 4.11. The van der Waals surface area contributed by atoms with Crippen LogP contribution >= 0.6 is 11.8 Å². The number of carboxylic acids is 1. The van der Waals surface area contributed by atoms with E-state index in [0.717, 1.165) is 24.6 Å². The lowest BCUT2D eigenvalue weighted by Gasteiger charge is -2.34. The van der Waals surface area contributed by atoms with Gasteiger partial charge < -0.3 is 20.6 Å². The van der Waals surface area contributed by atoms with Crippen LogP contribution < -0.4 is 10.6 Å². The number of carbonyl (C=O) groups is 3. The first-order valence-electron chi connectivity index (χ1n) is 6.71. The minimum Gasteiger partial charge on any atom is -0.480 e. The number of likely N-dealkylation sites (tertiary alicyclic amines) is 1. The number of hydrogen-bond donors (Lipinski definition) is 3. The van der Waals surface area contributed by atoms with E-state index in [1.807, 2.05) is 0 Å². The van der Waals surface area contributed by atoms with E-state index < -0.39 is 12.0 Å². The minimum absolute atomic E-state index is 0.0220. The molecule has 0 aliphatic carbocycles. The molecule has 3 N–H and O–H groups in total. The van der Waals surface area contributed by atoms with E-state index in [4.69, 9.17) is 5.11 Å². The summed E-state index contributed by atoms with van der Waals surface area (Å²) in [5.74, 6) is -0.127. The average Bonchev–Trinajstić information content (AvgIpc) is 2.84. The first-order valence-corrected chi connectivity index (χ1v) is 7.69. The monoisotopic (exact) mass is 301 g/mol. The highest BCUT2D eigenvalue weighted by Gasteiger charge is 2.33. The van der Waals surface area contributed by atoms with Gasteiger partial charge in [0.1, 0.15) is 6.04 Å². The number of nitrogens with zero attached hydrogens (tertiary/aromatic N) is 1. The third-order valence-electron chi connectivity index (χ3n) is 3.51. The highest BCUT2D eigenvalue weighted by atomic mass is 32.2. The normalized spacial score (nSPS) is 26.4. The standard InChI is InChI=1S/C12H19N3O4S/c16-10(17)5-13-4-8-2-1-3-15(6-8)11(18)9-7-20-12(19)14-9/h8-9,13H,1-7H2,(H,14,19)(H,16,17). The summed E-state index contributed by atoms with van der Waals surface area (Å²) in [6.07, 6.45) is 1.90. The Morgan fingerprint density at radius 3 is 2.95 bits per heavy atom. The lowest BCUT2D eigenvalue weighted by molar-refractivity contribution is -0.136. The van der Waals surface area contributed by atoms with Crippen molar-refractivity contribution in [2.45, 2.75) is 18.9 Å². The zero-order chi connectivity index (χ0) is 14.5. The predicted molar refractivity (Wildman–Crippen MR) is 74.6 cm³/mol. The molecule has 0 aromatic rings. The quantitative estimate of drug-likeness (QED) is 0.646. The molecular formula is C12H19N3O4S. The van der Waals surface area contributed by atoms with E-state index in [-0.39, 0.29) is 23.6 Å². The van der Waals surface area contributed by atoms with Gasteiger partial charge in [0.2, 0.25) is 5.91 Å². The van der Waals surface area contributed by atoms with Crippen molar-refractivity contribution in [3.63, 3.8) is 0 Å². The van der Waals surface area contributed by atoms with Crippen LogP contribution in [-0.2, 0) is 9.59 Å². The number of aliphatic carboxylic acids is 1. The van der Waals surface area contributed by atoms with Crippen LogP contribution in [0.1, 0.15) is 12.8 Å². The summed E-state index contributed by atoms with van der Waals surface area (Å²) < 4.78 is 0. The maximum Gasteiger partial charge on any atom is 0.317 e. The van der Waals surface area contributed by atoms with Gasteiger partial charge in [0.15, 0.2) is 0 Å². The van der Waals surface area contributed by atoms with Crippen molar-refractivity contribution in [1.82, 2.24) is 15.5 Å². The number of piperidine rings is 1. The summed E-state index contributed by atoms with van der Waals surface area (Å²) in [6.45, 7) is 1.88. The Morgan fingerprint density at radius 1 is 1.50 bits per heavy atom. The van der Waals surface area contributed by atoms with Crippen LogP contribution in [0, 0.1) is 5.92 Å². The molecule has 2 aliphatic heterocycles. The molecule has 0 radical (unpaired) electrons. The van der Waals surface area contributed by atoms with Crippen LogP contribution in [0.4, 0.5) is 4.79 Å². The third-order valence-corrected chi connectivity index (χ3v) is 4.39. The number of carbonyl (C=O) groups excluding carboxylic acids is 2. The average molecular weight is 301 g/mol. The number of rotatable bonds is 5. The van der Waals surface area contributed by atoms with Gasteiger partial charge in [-0.25, -0.2) is 0 Å². The van der Waals surface area contributed by atoms with Crippen LogP contribution in [0.3, 0.4) is 0 Å². The fourth-order valence-electron chi connectivity index (χ4n) is 2.55. The zero-order valence-corrected chi connectivity index (χ0v) is 11.9. The summed E-state index contributed by atoms with van der Waals surface area (Å²) in [5.41, 5.74) is 0. The van der Waals surface area contributed by atoms with Crippen molar-refractivity contribution < 1.29 is 19.5 Å². The molecule has 0 aromatic carbocycles. The van der Waals surface area contributed by atoms with Crippen molar-refractivity contribution in [3.05, 3.63) is 0 Å². The fourth-order valence-corrected chi connectivity index (χ4v) is 3.32. The number of nitrogens with one attached hydrogen (secondary N) is 2. The summed E-state index contributed by atoms with van der Waals surface area (Å²) in [6, 6.07) is -0.404. The smallest absolute Gasteiger partial charge is 0.317 e. The second-order valence-corrected chi connectivity index (χ2v) is 6.11. The van der Waals surface area contributed by atoms with Crippen LogP contribution in [-0.4, -0.2) is 65.1 Å². The molecular weight excluding hydrogens is 282 g/mol. The summed E-state index contributed by atoms with van der Waals surface area (Å²) in [7, 11) is 0. The molecule has 2 amide bonds. The van der Waals surface area contributed by atoms with E-state index in [1.165, 1.54) is 0 Å². The number of hydrogen-bond acceptors (Lipinski definition) is 5. The summed E-state index contributed by atoms with van der Waals surface area (Å²) in [5, 5.41) is 14.0. The molecule has 2 unspecified atom stereocenters. The molecule has 2 heterocycles. The van der Waals surface area contributed by atoms with Crippen molar-refractivity contribution in [3.8, 4) is 0 Å². The number of amides is 2. The van der Waals surface area contributed by atoms with Crippen molar-refractivity contribution in [2.75, 3.05) is 31.9 Å². The maximum absolute atomic E-state index is 12.3. The van der Waals surface area contributed by atoms with Gasteiger partial charge in [-0.15, -0.1) is 0 Å². The molecule has 2 rings (SSSR count). The molecule has 0 aromatic heterocycles. The van der Waals surface area contributed by atoms with Gasteiger partial charge in [-0.05, 0) is 18.8 Å². The van der Waals surface area contributed by atoms with Crippen molar-refractivity contribution >= 4 is 28.9 Å². The first-order chi connectivity index (χ1) is 9.56. The second-order valence-electron chi connectivity index (χ2n) is 5.11. The molecule has 112 valence electrons. The molecule has 2 aliphatic rings. The Hall–Kier alpha value is -1.28. The van der Waals surface area contributed by atoms with Gasteiger partial charge in [-0.2, -0.15) is 0 Å². The highest BCUT2D eigenvalue weighted by Crippen LogP contribution is 2.20. The molecule has 0 spiro atoms. The van der Waals surface area contributed by atoms with E-state index >= 15 is 0 Å². The fraction of sp³-hybridized carbons (Fsp3) is 0.750. The van der Waals surface area contributed by atoms with Crippen molar-refractivity contribution in [2.24, 2.45) is 5.92 Å². The van der Waals surface area contributed by atoms with Crippen LogP contribution in [0.2, 0.25) is 0 Å². The van der Waals surface area contributed by atoms with Gasteiger partial charge in [0.25, 0.3) is 5.24 Å². The summed E-state index contributed by atoms with van der Waals surface area (Å²) >= 11 is 1.14. The van der Waals surface area contributed by atoms with Crippen molar-refractivity contribution in [1.29, 1.82) is 0 Å². The lowest BCUT2D eigenvalue weighted by atomic mass is 9.97. The van der Waals surface area contributed by atoms with Crippen LogP contribution in [0.5, 0.6) is 0 Å². The molecule has 8 heteroatoms. The molecule has 2 fully saturated rings. The van der Waals surface area contributed by atoms with Crippen LogP contribution in [0.25, 0.3) is 0 Å². The molecule has 2 saturated heterocycles. The SMILES string of the molecule is O=C(O)CNCC1CCCN(C(=O)C2CSC(=O)N2)C1. The Balaban J connectivity index is 1.79. The summed E-state index contributed by atoms with van der Waals surface area (Å²) in [4.78, 5) is 35.6. The van der Waals surface area contributed by atoms with Gasteiger partial charge in [0, 0.05) is 25.4 Å². The molecule has 7 nitrogen and oxygen atoms in total. The Bertz CT molecular complexity index is 404. The molecule has 0 bridgehead atoms. The first kappa shape index (κ1) is 15.1. The predicted octanol–water partition coefficient (Wildman–Crippen LogP) is -0.276. The number of carboxylic acid groups (broad SMARTS) is 1. The lowest BCUT2D eigenvalue weighted by Crippen LogP contribution is -2.50. The van der Waals surface area contributed by atoms with E-state index in [2.05, 4.69) is 10.6 Å². The zero-order valence-electron chi connectivity index (χ0n) is 11.1. The van der Waals surface area contributed by atoms with Gasteiger partial charge >= 0.3 is 5.97 Å². The highest BCUT2D eigenvalue weighted by molar-refractivity contribution is 8.14. The molecule has 2 atom stereocenters. The Morgan fingerprint density at radius 2 is 2.30 bits per heavy atom. The van der Waals surface area contributed by atoms with Crippen LogP contribution in [0.15, 0.2) is 0 Å². The topological polar surface area (TPSA) is 98.7 Å². The maximum atomic E-state index is 12.3. The van der Waals surface area contributed by atoms with Gasteiger partial charge in [0.05, 0.1) is 6.54 Å². The molecule has 20 heavy (non-hydrogen) atoms. The van der Waals surface area contributed by atoms with E-state index in [0.29, 0.717) is 25.4 Å². The molecule has 0 saturated carbocycles. The van der Waals surface area contributed by atoms with Gasteiger partial charge in [-0.1, -0.05) is 11.8 Å².